The Hall–Kier alpha value is -0.120. The summed E-state index contributed by atoms with van der Waals surface area (Å²) in [5, 5.41) is 10.7. The molecule has 0 bridgehead atoms. The van der Waals surface area contributed by atoms with Gasteiger partial charge in [-0.25, -0.2) is 0 Å². The Morgan fingerprint density at radius 2 is 1.44 bits per heavy atom. The van der Waals surface area contributed by atoms with Crippen molar-refractivity contribution in [3.05, 3.63) is 0 Å². The number of hydrogen-bond donors (Lipinski definition) is 2. The van der Waals surface area contributed by atoms with Crippen LogP contribution in [0.2, 0.25) is 0 Å². The predicted octanol–water partition coefficient (Wildman–Crippen LogP) is 1.83. The fraction of sp³-hybridized carbons (Fsp3) is 1.00. The van der Waals surface area contributed by atoms with E-state index in [1.54, 1.807) is 0 Å². The highest BCUT2D eigenvalue weighted by molar-refractivity contribution is 5.07. The van der Waals surface area contributed by atoms with E-state index >= 15 is 0 Å². The third-order valence-electron chi connectivity index (χ3n) is 4.74. The average molecular weight is 227 g/mol. The summed E-state index contributed by atoms with van der Waals surface area (Å²) in [6.45, 7) is 5.89. The van der Waals surface area contributed by atoms with Gasteiger partial charge in [0.15, 0.2) is 0 Å². The molecule has 1 heterocycles. The number of nitrogens with two attached hydrogens (primary N) is 1. The van der Waals surface area contributed by atoms with Gasteiger partial charge >= 0.3 is 0 Å². The van der Waals surface area contributed by atoms with E-state index in [-0.39, 0.29) is 5.54 Å². The highest BCUT2D eigenvalue weighted by Crippen LogP contribution is 2.46. The summed E-state index contributed by atoms with van der Waals surface area (Å²) in [5.74, 6) is 0. The third-order valence-corrected chi connectivity index (χ3v) is 4.74. The third kappa shape index (κ3) is 2.13. The topological polar surface area (TPSA) is 55.5 Å². The van der Waals surface area contributed by atoms with Gasteiger partial charge in [0.25, 0.3) is 0 Å². The quantitative estimate of drug-likeness (QED) is 0.718. The lowest BCUT2D eigenvalue weighted by Gasteiger charge is -2.51. The molecule has 16 heavy (non-hydrogen) atoms. The van der Waals surface area contributed by atoms with E-state index in [9.17, 15) is 5.11 Å². The van der Waals surface area contributed by atoms with E-state index in [4.69, 9.17) is 10.5 Å². The van der Waals surface area contributed by atoms with Crippen LogP contribution in [0.4, 0.5) is 0 Å². The van der Waals surface area contributed by atoms with Crippen LogP contribution >= 0.6 is 0 Å². The molecule has 1 saturated heterocycles. The van der Waals surface area contributed by atoms with Crippen LogP contribution in [0.5, 0.6) is 0 Å². The Bertz CT molecular complexity index is 247. The molecule has 0 aromatic rings. The monoisotopic (exact) mass is 227 g/mol. The van der Waals surface area contributed by atoms with Crippen LogP contribution in [0.15, 0.2) is 0 Å². The smallest absolute Gasteiger partial charge is 0.0870 e. The molecule has 2 aliphatic rings. The number of aliphatic hydroxyl groups is 1. The Morgan fingerprint density at radius 3 is 1.94 bits per heavy atom. The maximum atomic E-state index is 10.7. The minimum atomic E-state index is -0.693. The molecule has 0 aromatic heterocycles. The lowest BCUT2D eigenvalue weighted by atomic mass is 9.62. The lowest BCUT2D eigenvalue weighted by Crippen LogP contribution is -2.64. The summed E-state index contributed by atoms with van der Waals surface area (Å²) < 4.78 is 5.33. The van der Waals surface area contributed by atoms with Crippen LogP contribution in [0.25, 0.3) is 0 Å². The minimum absolute atomic E-state index is 0.383. The Morgan fingerprint density at radius 1 is 0.938 bits per heavy atom. The zero-order chi connectivity index (χ0) is 11.9. The lowest BCUT2D eigenvalue weighted by molar-refractivity contribution is -0.125. The number of rotatable bonds is 1. The summed E-state index contributed by atoms with van der Waals surface area (Å²) in [6.07, 6.45) is 5.51. The molecule has 0 radical (unpaired) electrons. The first-order valence-corrected chi connectivity index (χ1v) is 6.46. The average Bonchev–Trinajstić information content (AvgIpc) is 2.24. The van der Waals surface area contributed by atoms with Crippen molar-refractivity contribution in [3.63, 3.8) is 0 Å². The standard InChI is InChI=1S/C13H25NO2/c1-11(2)3-5-12(14,6-4-11)13(15)7-9-16-10-8-13/h15H,3-10,14H2,1-2H3. The molecule has 1 saturated carbocycles. The van der Waals surface area contributed by atoms with Crippen LogP contribution in [-0.4, -0.2) is 29.5 Å². The molecule has 1 aliphatic heterocycles. The molecule has 3 nitrogen and oxygen atoms in total. The highest BCUT2D eigenvalue weighted by atomic mass is 16.5. The van der Waals surface area contributed by atoms with Crippen molar-refractivity contribution in [2.24, 2.45) is 11.1 Å². The Kier molecular flexibility index (Phi) is 3.06. The summed E-state index contributed by atoms with van der Waals surface area (Å²) in [5.41, 5.74) is 5.80. The summed E-state index contributed by atoms with van der Waals surface area (Å²) in [4.78, 5) is 0. The summed E-state index contributed by atoms with van der Waals surface area (Å²) >= 11 is 0. The minimum Gasteiger partial charge on any atom is -0.388 e. The van der Waals surface area contributed by atoms with Gasteiger partial charge in [-0.3, -0.25) is 0 Å². The molecule has 0 unspecified atom stereocenters. The van der Waals surface area contributed by atoms with Gasteiger partial charge < -0.3 is 15.6 Å². The van der Waals surface area contributed by atoms with Crippen molar-refractivity contribution >= 4 is 0 Å². The Labute approximate surface area is 98.4 Å². The van der Waals surface area contributed by atoms with Crippen molar-refractivity contribution in [1.82, 2.24) is 0 Å². The first-order valence-electron chi connectivity index (χ1n) is 6.46. The maximum absolute atomic E-state index is 10.7. The van der Waals surface area contributed by atoms with Gasteiger partial charge in [-0.1, -0.05) is 13.8 Å². The van der Waals surface area contributed by atoms with Gasteiger partial charge in [0.2, 0.25) is 0 Å². The first kappa shape index (κ1) is 12.3. The van der Waals surface area contributed by atoms with Gasteiger partial charge in [-0.15, -0.1) is 0 Å². The first-order chi connectivity index (χ1) is 7.37. The van der Waals surface area contributed by atoms with E-state index in [0.717, 1.165) is 25.7 Å². The molecule has 94 valence electrons. The van der Waals surface area contributed by atoms with Gasteiger partial charge in [-0.05, 0) is 31.1 Å². The normalized spacial score (nSPS) is 32.2. The van der Waals surface area contributed by atoms with Crippen LogP contribution in [0.1, 0.15) is 52.4 Å². The van der Waals surface area contributed by atoms with E-state index in [2.05, 4.69) is 13.8 Å². The number of ether oxygens (including phenoxy) is 1. The van der Waals surface area contributed by atoms with Crippen LogP contribution in [-0.2, 0) is 4.74 Å². The van der Waals surface area contributed by atoms with E-state index < -0.39 is 5.60 Å². The molecule has 1 aliphatic carbocycles. The van der Waals surface area contributed by atoms with Gasteiger partial charge in [-0.2, -0.15) is 0 Å². The maximum Gasteiger partial charge on any atom is 0.0870 e. The van der Waals surface area contributed by atoms with Crippen molar-refractivity contribution in [1.29, 1.82) is 0 Å². The van der Waals surface area contributed by atoms with E-state index in [1.807, 2.05) is 0 Å². The Balaban J connectivity index is 2.07. The second-order valence-electron chi connectivity index (χ2n) is 6.46. The number of hydrogen-bond acceptors (Lipinski definition) is 3. The molecular weight excluding hydrogens is 202 g/mol. The molecular formula is C13H25NO2. The summed E-state index contributed by atoms with van der Waals surface area (Å²) in [7, 11) is 0. The molecule has 3 heteroatoms. The van der Waals surface area contributed by atoms with Gasteiger partial charge in [0.1, 0.15) is 0 Å². The molecule has 3 N–H and O–H groups in total. The highest BCUT2D eigenvalue weighted by Gasteiger charge is 2.50. The zero-order valence-corrected chi connectivity index (χ0v) is 10.6. The fourth-order valence-corrected chi connectivity index (χ4v) is 3.05. The van der Waals surface area contributed by atoms with Crippen molar-refractivity contribution < 1.29 is 9.84 Å². The molecule has 0 atom stereocenters. The van der Waals surface area contributed by atoms with Crippen molar-refractivity contribution in [2.75, 3.05) is 13.2 Å². The van der Waals surface area contributed by atoms with Crippen molar-refractivity contribution in [3.8, 4) is 0 Å². The SMILES string of the molecule is CC1(C)CCC(N)(C2(O)CCOCC2)CC1. The van der Waals surface area contributed by atoms with E-state index in [1.165, 1.54) is 0 Å². The molecule has 0 amide bonds. The van der Waals surface area contributed by atoms with Gasteiger partial charge in [0, 0.05) is 31.6 Å². The molecule has 2 fully saturated rings. The largest absolute Gasteiger partial charge is 0.388 e. The molecule has 0 aromatic carbocycles. The molecule has 2 rings (SSSR count). The predicted molar refractivity (Wildman–Crippen MR) is 64.2 cm³/mol. The van der Waals surface area contributed by atoms with Crippen molar-refractivity contribution in [2.45, 2.75) is 63.5 Å². The summed E-state index contributed by atoms with van der Waals surface area (Å²) in [6, 6.07) is 0. The van der Waals surface area contributed by atoms with E-state index in [0.29, 0.717) is 31.5 Å². The fourth-order valence-electron chi connectivity index (χ4n) is 3.05. The van der Waals surface area contributed by atoms with Gasteiger partial charge in [0.05, 0.1) is 5.60 Å². The zero-order valence-electron chi connectivity index (χ0n) is 10.6. The second-order valence-corrected chi connectivity index (χ2v) is 6.46. The van der Waals surface area contributed by atoms with Crippen LogP contribution in [0.3, 0.4) is 0 Å². The second kappa shape index (κ2) is 3.97. The van der Waals surface area contributed by atoms with Crippen LogP contribution in [0, 0.1) is 5.41 Å². The van der Waals surface area contributed by atoms with Crippen LogP contribution < -0.4 is 5.73 Å². The molecule has 0 spiro atoms.